The first-order chi connectivity index (χ1) is 11.9. The zero-order chi connectivity index (χ0) is 18.4. The first-order valence-electron chi connectivity index (χ1n) is 7.54. The number of aromatic nitrogens is 3. The van der Waals surface area contributed by atoms with Gasteiger partial charge in [-0.2, -0.15) is 0 Å². The maximum absolute atomic E-state index is 10.7. The van der Waals surface area contributed by atoms with E-state index in [0.29, 0.717) is 22.4 Å². The first kappa shape index (κ1) is 17.4. The summed E-state index contributed by atoms with van der Waals surface area (Å²) in [7, 11) is 1.66. The molecule has 7 N–H and O–H groups in total. The molecule has 11 nitrogen and oxygen atoms in total. The molecule has 1 saturated heterocycles. The van der Waals surface area contributed by atoms with Gasteiger partial charge in [0, 0.05) is 13.2 Å². The van der Waals surface area contributed by atoms with Gasteiger partial charge in [0.2, 0.25) is 0 Å². The summed E-state index contributed by atoms with van der Waals surface area (Å²) in [4.78, 5) is 8.30. The van der Waals surface area contributed by atoms with Crippen LogP contribution < -0.4 is 11.1 Å². The number of rotatable bonds is 4. The number of oxime groups is 1. The number of fused-ring (bicyclic) bond motifs is 1. The summed E-state index contributed by atoms with van der Waals surface area (Å²) >= 11 is 0. The van der Waals surface area contributed by atoms with E-state index >= 15 is 0 Å². The van der Waals surface area contributed by atoms with Crippen LogP contribution in [0.2, 0.25) is 0 Å². The van der Waals surface area contributed by atoms with Crippen molar-refractivity contribution in [3.05, 3.63) is 18.1 Å². The van der Waals surface area contributed by atoms with Crippen LogP contribution in [0.4, 0.5) is 5.82 Å². The van der Waals surface area contributed by atoms with Gasteiger partial charge in [0.1, 0.15) is 35.6 Å². The first-order valence-corrected chi connectivity index (χ1v) is 7.54. The Bertz CT molecular complexity index is 819. The molecule has 2 aromatic rings. The van der Waals surface area contributed by atoms with Crippen LogP contribution in [0.5, 0.6) is 0 Å². The number of amidine groups is 1. The largest absolute Gasteiger partial charge is 0.409 e. The molecule has 0 saturated carbocycles. The van der Waals surface area contributed by atoms with Gasteiger partial charge in [-0.25, -0.2) is 9.97 Å². The minimum atomic E-state index is -1.70. The second kappa shape index (κ2) is 6.11. The van der Waals surface area contributed by atoms with Crippen molar-refractivity contribution in [3.8, 4) is 0 Å². The van der Waals surface area contributed by atoms with E-state index in [4.69, 9.17) is 15.7 Å². The highest BCUT2D eigenvalue weighted by atomic mass is 16.6. The van der Waals surface area contributed by atoms with Crippen LogP contribution >= 0.6 is 0 Å². The highest BCUT2D eigenvalue weighted by Crippen LogP contribution is 2.41. The average molecular weight is 352 g/mol. The molecule has 11 heteroatoms. The predicted octanol–water partition coefficient (Wildman–Crippen LogP) is -1.43. The van der Waals surface area contributed by atoms with Gasteiger partial charge in [-0.15, -0.1) is 0 Å². The molecule has 3 heterocycles. The van der Waals surface area contributed by atoms with Gasteiger partial charge < -0.3 is 40.9 Å². The van der Waals surface area contributed by atoms with Gasteiger partial charge in [0.25, 0.3) is 0 Å². The van der Waals surface area contributed by atoms with E-state index in [0.717, 1.165) is 0 Å². The van der Waals surface area contributed by atoms with E-state index in [-0.39, 0.29) is 5.84 Å². The summed E-state index contributed by atoms with van der Waals surface area (Å²) in [6.07, 6.45) is -0.527. The molecule has 0 bridgehead atoms. The SMILES string of the molecule is CNc1ncnc2c1c(C(N)=NO)cn2C1O[C@H](CO)[C@@H](O)[C@@]1(C)O. The van der Waals surface area contributed by atoms with Gasteiger partial charge in [-0.3, -0.25) is 0 Å². The normalized spacial score (nSPS) is 30.1. The van der Waals surface area contributed by atoms with Crippen molar-refractivity contribution in [2.75, 3.05) is 19.0 Å². The summed E-state index contributed by atoms with van der Waals surface area (Å²) in [6, 6.07) is 0. The van der Waals surface area contributed by atoms with E-state index in [9.17, 15) is 15.3 Å². The van der Waals surface area contributed by atoms with Crippen LogP contribution in [0.1, 0.15) is 18.7 Å². The van der Waals surface area contributed by atoms with Crippen LogP contribution in [0, 0.1) is 0 Å². The number of aliphatic hydroxyl groups excluding tert-OH is 2. The quantitative estimate of drug-likeness (QED) is 0.167. The van der Waals surface area contributed by atoms with E-state index in [1.54, 1.807) is 7.05 Å². The molecule has 3 rings (SSSR count). The Morgan fingerprint density at radius 3 is 2.80 bits per heavy atom. The van der Waals surface area contributed by atoms with Crippen LogP contribution in [-0.2, 0) is 4.74 Å². The Kier molecular flexibility index (Phi) is 4.24. The number of ether oxygens (including phenoxy) is 1. The second-order valence-electron chi connectivity index (χ2n) is 5.99. The summed E-state index contributed by atoms with van der Waals surface area (Å²) in [5.74, 6) is 0.259. The number of nitrogens with two attached hydrogens (primary N) is 1. The van der Waals surface area contributed by atoms with E-state index < -0.39 is 30.6 Å². The number of aliphatic hydroxyl groups is 3. The lowest BCUT2D eigenvalue weighted by molar-refractivity contribution is -0.0948. The standard InChI is InChI=1S/C14H20N6O5/c1-14(23)9(22)7(4-21)25-13(14)20-3-6(10(15)19-24)8-11(16-2)17-5-18-12(8)20/h3,5,7,9,13,21-24H,4H2,1-2H3,(H2,15,19)(H,16,17,18)/t7-,9-,13?,14-/m1/s1. The lowest BCUT2D eigenvalue weighted by Gasteiger charge is -2.27. The maximum atomic E-state index is 10.7. The van der Waals surface area contributed by atoms with Gasteiger partial charge in [0.05, 0.1) is 17.6 Å². The fraction of sp³-hybridized carbons (Fsp3) is 0.500. The maximum Gasteiger partial charge on any atom is 0.172 e. The molecule has 1 aliphatic heterocycles. The van der Waals surface area contributed by atoms with E-state index in [2.05, 4.69) is 20.4 Å². The number of hydrogen-bond acceptors (Lipinski definition) is 9. The van der Waals surface area contributed by atoms with Gasteiger partial charge in [-0.1, -0.05) is 5.16 Å². The van der Waals surface area contributed by atoms with E-state index in [1.165, 1.54) is 24.0 Å². The lowest BCUT2D eigenvalue weighted by Crippen LogP contribution is -2.44. The van der Waals surface area contributed by atoms with Crippen LogP contribution in [-0.4, -0.2) is 72.4 Å². The number of hydrogen-bond donors (Lipinski definition) is 6. The summed E-state index contributed by atoms with van der Waals surface area (Å²) in [5.41, 5.74) is 4.72. The molecule has 4 atom stereocenters. The molecule has 0 aromatic carbocycles. The van der Waals surface area contributed by atoms with Crippen LogP contribution in [0.25, 0.3) is 11.0 Å². The van der Waals surface area contributed by atoms with Crippen molar-refractivity contribution in [2.45, 2.75) is 31.0 Å². The molecule has 0 radical (unpaired) electrons. The highest BCUT2D eigenvalue weighted by Gasteiger charge is 2.53. The molecule has 0 amide bonds. The molecule has 25 heavy (non-hydrogen) atoms. The Hall–Kier alpha value is -2.47. The van der Waals surface area contributed by atoms with E-state index in [1.807, 2.05) is 0 Å². The molecule has 1 fully saturated rings. The third-order valence-electron chi connectivity index (χ3n) is 4.42. The molecule has 136 valence electrons. The van der Waals surface area contributed by atoms with Gasteiger partial charge >= 0.3 is 0 Å². The van der Waals surface area contributed by atoms with Crippen molar-refractivity contribution < 1.29 is 25.3 Å². The molecule has 1 unspecified atom stereocenters. The monoisotopic (exact) mass is 352 g/mol. The Morgan fingerprint density at radius 2 is 2.24 bits per heavy atom. The van der Waals surface area contributed by atoms with Crippen molar-refractivity contribution >= 4 is 22.7 Å². The highest BCUT2D eigenvalue weighted by molar-refractivity contribution is 6.11. The van der Waals surface area contributed by atoms with Gasteiger partial charge in [-0.05, 0) is 6.92 Å². The zero-order valence-corrected chi connectivity index (χ0v) is 13.7. The third-order valence-corrected chi connectivity index (χ3v) is 4.42. The van der Waals surface area contributed by atoms with Crippen molar-refractivity contribution in [1.82, 2.24) is 14.5 Å². The van der Waals surface area contributed by atoms with Crippen molar-refractivity contribution in [2.24, 2.45) is 10.9 Å². The minimum absolute atomic E-state index is 0.174. The molecule has 1 aliphatic rings. The summed E-state index contributed by atoms with van der Waals surface area (Å²) < 4.78 is 7.08. The minimum Gasteiger partial charge on any atom is -0.409 e. The predicted molar refractivity (Wildman–Crippen MR) is 87.2 cm³/mol. The average Bonchev–Trinajstić information content (AvgIpc) is 3.10. The van der Waals surface area contributed by atoms with Crippen LogP contribution in [0.15, 0.2) is 17.7 Å². The van der Waals surface area contributed by atoms with Crippen molar-refractivity contribution in [3.63, 3.8) is 0 Å². The number of nitrogens with zero attached hydrogens (tertiary/aromatic N) is 4. The Balaban J connectivity index is 2.24. The lowest BCUT2D eigenvalue weighted by atomic mass is 9.96. The smallest absolute Gasteiger partial charge is 0.172 e. The Labute approximate surface area is 142 Å². The zero-order valence-electron chi connectivity index (χ0n) is 13.7. The second-order valence-corrected chi connectivity index (χ2v) is 5.99. The molecule has 0 aliphatic carbocycles. The topological polar surface area (TPSA) is 171 Å². The molecular formula is C14H20N6O5. The van der Waals surface area contributed by atoms with Gasteiger partial charge in [0.15, 0.2) is 12.1 Å². The molecular weight excluding hydrogens is 332 g/mol. The molecule has 0 spiro atoms. The third kappa shape index (κ3) is 2.48. The molecule has 2 aromatic heterocycles. The van der Waals surface area contributed by atoms with Crippen molar-refractivity contribution in [1.29, 1.82) is 0 Å². The summed E-state index contributed by atoms with van der Waals surface area (Å²) in [6.45, 7) is 0.935. The number of nitrogens with one attached hydrogen (secondary N) is 1. The van der Waals surface area contributed by atoms with Crippen LogP contribution in [0.3, 0.4) is 0 Å². The fourth-order valence-corrected chi connectivity index (χ4v) is 3.09. The number of anilines is 1. The Morgan fingerprint density at radius 1 is 1.52 bits per heavy atom. The fourth-order valence-electron chi connectivity index (χ4n) is 3.09. The summed E-state index contributed by atoms with van der Waals surface area (Å²) in [5, 5.41) is 45.7.